The van der Waals surface area contributed by atoms with E-state index >= 15 is 0 Å². The third-order valence-corrected chi connectivity index (χ3v) is 35.8. The first kappa shape index (κ1) is 82.4. The lowest BCUT2D eigenvalue weighted by Gasteiger charge is -2.52. The van der Waals surface area contributed by atoms with Crippen LogP contribution < -0.4 is 14.2 Å². The van der Waals surface area contributed by atoms with Crippen molar-refractivity contribution in [1.29, 1.82) is 0 Å². The second-order valence-corrected chi connectivity index (χ2v) is 45.5. The molecule has 588 valence electrons. The van der Waals surface area contributed by atoms with E-state index in [0.717, 1.165) is 184 Å². The maximum absolute atomic E-state index is 12.3. The molecule has 0 amide bonds. The molecule has 1 aliphatic heterocycles. The summed E-state index contributed by atoms with van der Waals surface area (Å²) in [5, 5.41) is 12.5. The average molecular weight is 1560 g/mol. The highest BCUT2D eigenvalue weighted by Crippen LogP contribution is 2.65. The van der Waals surface area contributed by atoms with Crippen molar-refractivity contribution in [3.63, 3.8) is 0 Å². The van der Waals surface area contributed by atoms with Crippen LogP contribution in [0.3, 0.4) is 0 Å². The number of ketones is 1. The van der Waals surface area contributed by atoms with Crippen molar-refractivity contribution in [2.75, 3.05) is 39.9 Å². The molecule has 3 aromatic carbocycles. The first-order valence-corrected chi connectivity index (χ1v) is 48.5. The Hall–Kier alpha value is -2.07. The number of benzene rings is 3. The summed E-state index contributed by atoms with van der Waals surface area (Å²) in [4.78, 5) is 11.6. The number of rotatable bonds is 11. The zero-order chi connectivity index (χ0) is 74.5. The van der Waals surface area contributed by atoms with Crippen molar-refractivity contribution in [2.45, 2.75) is 297 Å². The molecule has 1 N–H and O–H groups in total. The van der Waals surface area contributed by atoms with Gasteiger partial charge in [0.05, 0.1) is 32.3 Å². The molecule has 25 atom stereocenters. The van der Waals surface area contributed by atoms with Gasteiger partial charge in [-0.05, 0) is 398 Å². The highest BCUT2D eigenvalue weighted by molar-refractivity contribution is 9.10. The van der Waals surface area contributed by atoms with Gasteiger partial charge in [0.25, 0.3) is 0 Å². The lowest BCUT2D eigenvalue weighted by atomic mass is 9.55. The standard InChI is InChI=1S/C29H44O2.C29H44O.C16H19BrO.C10H14O.C6H16Si.C4H8O.CH2Cl2/c1-17-6-21-10-19(3)28(23(8-17)12-21)24-14-26(16-27(15-24)31-5)29(30)20(4)11-22-7-18(2)9-25(29)13-22;1-17-6-21-10-19(3)28(23(8-17)12-21)25-14-26(16-27(15-25)30-5)29-20(4)11-22-7-18(2)9-24(29)13-22;1-18-14-7-12(6-13(17)8-14)16-11-3-9-2-10(5-11)15(16)4-9;11-10-8-2-6-1-7(4-8)5-9(10)3-6;1-4-7(5-2)6-3;1-2-4-5-3-1;2-1-3/h14-23,25,28,30H,6-13H2,1-5H3;14-24,28-29H,6-13H2,1-5H3;6-11,15-16H,2-5H2,1H3;6-9H,1-5H2;7H,4-6H2,1-3H3;1-4H2;1H2. The molecular weight excluding hydrogens is 1420 g/mol. The predicted molar refractivity (Wildman–Crippen MR) is 446 cm³/mol. The van der Waals surface area contributed by atoms with E-state index in [-0.39, 0.29) is 14.1 Å². The number of hydrogen-bond donors (Lipinski definition) is 1. The fourth-order valence-electron chi connectivity index (χ4n) is 28.5. The molecule has 17 aliphatic rings. The molecule has 17 fully saturated rings. The van der Waals surface area contributed by atoms with Crippen molar-refractivity contribution in [3.05, 3.63) is 86.9 Å². The van der Waals surface area contributed by atoms with Gasteiger partial charge in [-0.25, -0.2) is 0 Å². The fourth-order valence-corrected chi connectivity index (χ4v) is 30.7. The molecule has 3 aromatic rings. The third kappa shape index (κ3) is 19.4. The van der Waals surface area contributed by atoms with Crippen molar-refractivity contribution in [3.8, 4) is 17.2 Å². The molecule has 105 heavy (non-hydrogen) atoms. The maximum atomic E-state index is 12.3. The topological polar surface area (TPSA) is 74.2 Å². The number of carbonyl (C=O) groups is 1. The van der Waals surface area contributed by atoms with Crippen LogP contribution in [0.2, 0.25) is 18.1 Å². The maximum Gasteiger partial charge on any atom is 0.139 e. The summed E-state index contributed by atoms with van der Waals surface area (Å²) in [6, 6.07) is 25.5. The van der Waals surface area contributed by atoms with Crippen molar-refractivity contribution < 1.29 is 28.8 Å². The van der Waals surface area contributed by atoms with Crippen LogP contribution in [-0.4, -0.2) is 59.6 Å². The van der Waals surface area contributed by atoms with Crippen molar-refractivity contribution >= 4 is 53.7 Å². The Balaban J connectivity index is 0.000000128. The van der Waals surface area contributed by atoms with Gasteiger partial charge in [-0.1, -0.05) is 122 Å². The number of Topliss-reactive ketones (excluding diaryl/α,β-unsaturated/α-hetero) is 1. The number of methoxy groups -OCH3 is 3. The van der Waals surface area contributed by atoms with E-state index in [1.165, 1.54) is 190 Å². The second-order valence-electron chi connectivity index (χ2n) is 39.6. The Morgan fingerprint density at radius 3 is 1.23 bits per heavy atom. The normalized spacial score (nSPS) is 41.5. The SMILES string of the molecule is C1CCOC1.CC[SiH](CC)CC.COc1cc(Br)cc(C2C3CC4CC(C3)C2C4)c1.COc1cc(C2C(C)CC3CC(C)CC2C3)cc(C2(O)C(C)CC3CC(C)CC2C3)c1.COc1cc(C2C(C)CC3CC(C)CC2C3)cc(C2C(C)CC3CC(C)CC2C3)c1.ClCCl.O=C1C2CC3CC(C2)CC1C3. The molecule has 1 heterocycles. The number of fused-ring (bicyclic) bond motifs is 8. The minimum Gasteiger partial charge on any atom is -0.497 e. The molecular formula is C95H147BrCl2O6Si. The van der Waals surface area contributed by atoms with Crippen LogP contribution in [0.4, 0.5) is 0 Å². The Bertz CT molecular complexity index is 3120. The minimum absolute atomic E-state index is 0.171. The van der Waals surface area contributed by atoms with Gasteiger partial charge in [0.1, 0.15) is 23.0 Å². The van der Waals surface area contributed by atoms with Crippen LogP contribution in [0, 0.1) is 142 Å². The number of ether oxygens (including phenoxy) is 4. The Morgan fingerprint density at radius 2 is 0.810 bits per heavy atom. The van der Waals surface area contributed by atoms with Gasteiger partial charge < -0.3 is 24.1 Å². The van der Waals surface area contributed by atoms with Gasteiger partial charge in [-0.15, -0.1) is 23.2 Å². The summed E-state index contributed by atoms with van der Waals surface area (Å²) in [7, 11) is 5.25. The van der Waals surface area contributed by atoms with Crippen molar-refractivity contribution in [1.82, 2.24) is 0 Å². The molecule has 16 bridgehead atoms. The first-order chi connectivity index (χ1) is 50.5. The van der Waals surface area contributed by atoms with E-state index in [9.17, 15) is 9.90 Å². The minimum atomic E-state index is -0.714. The molecule has 16 aliphatic carbocycles. The quantitative estimate of drug-likeness (QED) is 0.152. The molecule has 1 saturated heterocycles. The molecule has 6 nitrogen and oxygen atoms in total. The van der Waals surface area contributed by atoms with Gasteiger partial charge in [0.2, 0.25) is 0 Å². The molecule has 16 saturated carbocycles. The zero-order valence-electron chi connectivity index (χ0n) is 68.4. The van der Waals surface area contributed by atoms with Gasteiger partial charge in [-0.3, -0.25) is 4.79 Å². The largest absolute Gasteiger partial charge is 0.497 e. The fraction of sp³-hybridized carbons (Fsp3) is 0.800. The predicted octanol–water partition coefficient (Wildman–Crippen LogP) is 26.3. The highest BCUT2D eigenvalue weighted by atomic mass is 79.9. The Kier molecular flexibility index (Phi) is 29.2. The number of carbonyl (C=O) groups excluding carboxylic acids is 1. The summed E-state index contributed by atoms with van der Waals surface area (Å²) in [5.41, 5.74) is 6.59. The van der Waals surface area contributed by atoms with Crippen LogP contribution in [0.15, 0.2) is 59.1 Å². The molecule has 0 aromatic heterocycles. The van der Waals surface area contributed by atoms with E-state index in [1.54, 1.807) is 25.3 Å². The number of halogens is 3. The highest BCUT2D eigenvalue weighted by Gasteiger charge is 2.55. The summed E-state index contributed by atoms with van der Waals surface area (Å²) in [5.74, 6) is 26.1. The van der Waals surface area contributed by atoms with Gasteiger partial charge in [0, 0.05) is 38.3 Å². The monoisotopic (exact) mass is 1560 g/mol. The van der Waals surface area contributed by atoms with E-state index < -0.39 is 5.60 Å². The van der Waals surface area contributed by atoms with E-state index in [2.05, 4.69) is 147 Å². The number of alkyl halides is 2. The van der Waals surface area contributed by atoms with E-state index in [4.69, 9.17) is 42.1 Å². The first-order valence-electron chi connectivity index (χ1n) is 44.2. The second kappa shape index (κ2) is 37.3. The molecule has 0 radical (unpaired) electrons. The van der Waals surface area contributed by atoms with Gasteiger partial charge in [-0.2, -0.15) is 0 Å². The van der Waals surface area contributed by atoms with Crippen LogP contribution in [0.25, 0.3) is 0 Å². The van der Waals surface area contributed by atoms with Crippen LogP contribution in [0.1, 0.15) is 301 Å². The summed E-state index contributed by atoms with van der Waals surface area (Å²) < 4.78 is 23.3. The summed E-state index contributed by atoms with van der Waals surface area (Å²) in [6.07, 6.45) is 36.9. The molecule has 20 rings (SSSR count). The molecule has 25 unspecified atom stereocenters. The molecule has 10 heteroatoms. The zero-order valence-corrected chi connectivity index (χ0v) is 72.6. The van der Waals surface area contributed by atoms with Crippen LogP contribution in [0.5, 0.6) is 17.2 Å². The lowest BCUT2D eigenvalue weighted by Crippen LogP contribution is -2.49. The van der Waals surface area contributed by atoms with Crippen molar-refractivity contribution in [2.24, 2.45) is 142 Å². The molecule has 0 spiro atoms. The average Bonchev–Trinajstić information content (AvgIpc) is 1.65. The smallest absolute Gasteiger partial charge is 0.139 e. The summed E-state index contributed by atoms with van der Waals surface area (Å²) in [6.45, 7) is 28.6. The lowest BCUT2D eigenvalue weighted by molar-refractivity contribution is -0.139. The van der Waals surface area contributed by atoms with Gasteiger partial charge in [0.15, 0.2) is 0 Å². The van der Waals surface area contributed by atoms with Crippen LogP contribution >= 0.6 is 39.1 Å². The Morgan fingerprint density at radius 1 is 0.429 bits per heavy atom. The summed E-state index contributed by atoms with van der Waals surface area (Å²) >= 11 is 13.2. The Labute approximate surface area is 660 Å². The number of hydrogen-bond acceptors (Lipinski definition) is 6. The van der Waals surface area contributed by atoms with Crippen LogP contribution in [-0.2, 0) is 15.1 Å². The number of aliphatic hydroxyl groups is 1. The van der Waals surface area contributed by atoms with E-state index in [1.807, 2.05) is 7.11 Å². The van der Waals surface area contributed by atoms with Gasteiger partial charge >= 0.3 is 0 Å². The van der Waals surface area contributed by atoms with E-state index in [0.29, 0.717) is 41.3 Å². The third-order valence-electron chi connectivity index (χ3n) is 31.9.